The third-order valence-electron chi connectivity index (χ3n) is 6.67. The molecule has 3 aliphatic rings. The van der Waals surface area contributed by atoms with Gasteiger partial charge in [-0.3, -0.25) is 4.79 Å². The molecule has 3 aliphatic heterocycles. The lowest BCUT2D eigenvalue weighted by Gasteiger charge is -2.30. The van der Waals surface area contributed by atoms with E-state index in [1.807, 2.05) is 24.3 Å². The molecule has 0 aromatic heterocycles. The van der Waals surface area contributed by atoms with Gasteiger partial charge in [0.05, 0.1) is 31.8 Å². The second-order valence-corrected chi connectivity index (χ2v) is 8.98. The van der Waals surface area contributed by atoms with Crippen molar-refractivity contribution in [1.29, 1.82) is 0 Å². The monoisotopic (exact) mass is 433 g/mol. The van der Waals surface area contributed by atoms with Gasteiger partial charge >= 0.3 is 0 Å². The highest BCUT2D eigenvalue weighted by atomic mass is 16.6. The Labute approximate surface area is 184 Å². The first kappa shape index (κ1) is 22.5. The third kappa shape index (κ3) is 5.75. The van der Waals surface area contributed by atoms with Gasteiger partial charge in [0, 0.05) is 25.6 Å². The molecule has 8 heteroatoms. The average molecular weight is 434 g/mol. The van der Waals surface area contributed by atoms with Crippen LogP contribution in [0.4, 0.5) is 0 Å². The van der Waals surface area contributed by atoms with Gasteiger partial charge in [-0.15, -0.1) is 0 Å². The summed E-state index contributed by atoms with van der Waals surface area (Å²) in [6, 6.07) is 8.09. The van der Waals surface area contributed by atoms with Gasteiger partial charge in [0.15, 0.2) is 0 Å². The molecule has 3 fully saturated rings. The van der Waals surface area contributed by atoms with Crippen LogP contribution in [0.25, 0.3) is 0 Å². The first-order valence-electron chi connectivity index (χ1n) is 11.3. The van der Waals surface area contributed by atoms with Crippen LogP contribution in [-0.4, -0.2) is 86.3 Å². The van der Waals surface area contributed by atoms with Gasteiger partial charge in [-0.25, -0.2) is 0 Å². The lowest BCUT2D eigenvalue weighted by molar-refractivity contribution is -0.124. The number of hydrogen-bond donors (Lipinski definition) is 3. The Morgan fingerprint density at radius 2 is 1.97 bits per heavy atom. The molecule has 8 nitrogen and oxygen atoms in total. The Morgan fingerprint density at radius 1 is 1.23 bits per heavy atom. The van der Waals surface area contributed by atoms with Crippen molar-refractivity contribution in [3.63, 3.8) is 0 Å². The molecule has 0 bridgehead atoms. The van der Waals surface area contributed by atoms with Crippen molar-refractivity contribution in [2.45, 2.75) is 68.8 Å². The second kappa shape index (κ2) is 10.3. The molecule has 0 radical (unpaired) electrons. The van der Waals surface area contributed by atoms with Crippen LogP contribution in [0, 0.1) is 0 Å². The largest absolute Gasteiger partial charge is 0.497 e. The third-order valence-corrected chi connectivity index (χ3v) is 6.67. The molecule has 0 aliphatic carbocycles. The summed E-state index contributed by atoms with van der Waals surface area (Å²) in [5.41, 5.74) is 1.01. The summed E-state index contributed by atoms with van der Waals surface area (Å²) in [6.45, 7) is 3.30. The zero-order valence-corrected chi connectivity index (χ0v) is 18.5. The van der Waals surface area contributed by atoms with Crippen molar-refractivity contribution in [2.24, 2.45) is 0 Å². The lowest BCUT2D eigenvalue weighted by atomic mass is 10.0. The number of ether oxygens (including phenoxy) is 3. The van der Waals surface area contributed by atoms with Gasteiger partial charge in [0.2, 0.25) is 5.91 Å². The minimum absolute atomic E-state index is 0.0595. The molecular weight excluding hydrogens is 398 g/mol. The number of methoxy groups -OCH3 is 1. The number of carbonyl (C=O) groups excluding carboxylic acids is 1. The molecule has 3 heterocycles. The maximum atomic E-state index is 12.3. The number of rotatable bonds is 8. The maximum absolute atomic E-state index is 12.3. The summed E-state index contributed by atoms with van der Waals surface area (Å²) in [7, 11) is 3.77. The number of benzene rings is 1. The molecule has 4 rings (SSSR count). The zero-order valence-electron chi connectivity index (χ0n) is 18.5. The van der Waals surface area contributed by atoms with Crippen molar-refractivity contribution in [2.75, 3.05) is 33.8 Å². The molecule has 3 saturated heterocycles. The zero-order chi connectivity index (χ0) is 21.8. The number of nitrogens with one attached hydrogen (secondary N) is 2. The van der Waals surface area contributed by atoms with E-state index < -0.39 is 6.10 Å². The topological polar surface area (TPSA) is 92.3 Å². The summed E-state index contributed by atoms with van der Waals surface area (Å²) in [4.78, 5) is 14.7. The Balaban J connectivity index is 1.16. The Morgan fingerprint density at radius 3 is 2.65 bits per heavy atom. The van der Waals surface area contributed by atoms with Crippen LogP contribution < -0.4 is 15.4 Å². The highest BCUT2D eigenvalue weighted by molar-refractivity contribution is 5.76. The Bertz CT molecular complexity index is 722. The van der Waals surface area contributed by atoms with E-state index in [-0.39, 0.29) is 36.7 Å². The standard InChI is InChI=1S/C23H35N3O5/c1-26-9-7-16(8-10-26)24-14-20-22(28)23-19(31-20)11-18(30-23)12-21(27)25-13-15-3-5-17(29-2)6-4-15/h3-6,16,18-20,22-24,28H,7-14H2,1-2H3,(H,25,27)/t18-,19+,20+,22+,23-/m0/s1. The molecule has 31 heavy (non-hydrogen) atoms. The number of nitrogens with zero attached hydrogens (tertiary/aromatic N) is 1. The minimum atomic E-state index is -0.656. The molecule has 1 aromatic rings. The van der Waals surface area contributed by atoms with Gasteiger partial charge in [0.1, 0.15) is 18.0 Å². The number of likely N-dealkylation sites (tertiary alicyclic amines) is 1. The van der Waals surface area contributed by atoms with Gasteiger partial charge in [-0.1, -0.05) is 12.1 Å². The van der Waals surface area contributed by atoms with E-state index >= 15 is 0 Å². The number of aliphatic hydroxyl groups excluding tert-OH is 1. The summed E-state index contributed by atoms with van der Waals surface area (Å²) >= 11 is 0. The molecule has 0 spiro atoms. The first-order chi connectivity index (χ1) is 15.0. The van der Waals surface area contributed by atoms with E-state index in [9.17, 15) is 9.90 Å². The quantitative estimate of drug-likeness (QED) is 0.555. The number of fused-ring (bicyclic) bond motifs is 1. The smallest absolute Gasteiger partial charge is 0.222 e. The van der Waals surface area contributed by atoms with Gasteiger partial charge in [-0.05, 0) is 50.7 Å². The summed E-state index contributed by atoms with van der Waals surface area (Å²) in [5.74, 6) is 0.732. The first-order valence-corrected chi connectivity index (χ1v) is 11.3. The van der Waals surface area contributed by atoms with Crippen molar-refractivity contribution in [3.05, 3.63) is 29.8 Å². The number of aliphatic hydroxyl groups is 1. The molecular formula is C23H35N3O5. The average Bonchev–Trinajstić information content (AvgIpc) is 3.30. The summed E-state index contributed by atoms with van der Waals surface area (Å²) < 4.78 is 17.2. The molecule has 172 valence electrons. The second-order valence-electron chi connectivity index (χ2n) is 8.98. The van der Waals surface area contributed by atoms with Crippen LogP contribution in [0.1, 0.15) is 31.2 Å². The minimum Gasteiger partial charge on any atom is -0.497 e. The maximum Gasteiger partial charge on any atom is 0.222 e. The molecule has 1 amide bonds. The van der Waals surface area contributed by atoms with Crippen LogP contribution in [0.2, 0.25) is 0 Å². The highest BCUT2D eigenvalue weighted by Gasteiger charge is 2.50. The van der Waals surface area contributed by atoms with Crippen molar-refractivity contribution >= 4 is 5.91 Å². The lowest BCUT2D eigenvalue weighted by Crippen LogP contribution is -2.46. The molecule has 5 atom stereocenters. The molecule has 0 unspecified atom stereocenters. The van der Waals surface area contributed by atoms with Crippen LogP contribution in [0.3, 0.4) is 0 Å². The fraction of sp³-hybridized carbons (Fsp3) is 0.696. The SMILES string of the molecule is COc1ccc(CNC(=O)C[C@@H]2C[C@H]3O[C@H](CNC4CCN(C)CC4)[C@@H](O)[C@H]3O2)cc1. The predicted octanol–water partition coefficient (Wildman–Crippen LogP) is 0.671. The van der Waals surface area contributed by atoms with Crippen LogP contribution >= 0.6 is 0 Å². The van der Waals surface area contributed by atoms with E-state index in [0.717, 1.165) is 37.2 Å². The molecule has 0 saturated carbocycles. The number of amides is 1. The predicted molar refractivity (Wildman–Crippen MR) is 116 cm³/mol. The van der Waals surface area contributed by atoms with E-state index in [1.165, 1.54) is 0 Å². The number of hydrogen-bond acceptors (Lipinski definition) is 7. The Kier molecular flexibility index (Phi) is 7.45. The molecule has 3 N–H and O–H groups in total. The summed E-state index contributed by atoms with van der Waals surface area (Å²) in [5, 5.41) is 17.1. The van der Waals surface area contributed by atoms with E-state index in [4.69, 9.17) is 14.2 Å². The normalized spacial score (nSPS) is 31.5. The number of carbonyl (C=O) groups is 1. The van der Waals surface area contributed by atoms with Gasteiger partial charge in [0.25, 0.3) is 0 Å². The fourth-order valence-corrected chi connectivity index (χ4v) is 4.73. The fourth-order valence-electron chi connectivity index (χ4n) is 4.73. The van der Waals surface area contributed by atoms with E-state index in [2.05, 4.69) is 22.6 Å². The number of piperidine rings is 1. The van der Waals surface area contributed by atoms with Crippen molar-refractivity contribution in [3.8, 4) is 5.75 Å². The van der Waals surface area contributed by atoms with Crippen molar-refractivity contribution in [1.82, 2.24) is 15.5 Å². The van der Waals surface area contributed by atoms with Gasteiger partial charge in [-0.2, -0.15) is 0 Å². The summed E-state index contributed by atoms with van der Waals surface area (Å²) in [6.07, 6.45) is 1.55. The van der Waals surface area contributed by atoms with Crippen LogP contribution in [0.15, 0.2) is 24.3 Å². The van der Waals surface area contributed by atoms with E-state index in [0.29, 0.717) is 25.6 Å². The highest BCUT2D eigenvalue weighted by Crippen LogP contribution is 2.35. The molecule has 1 aromatic carbocycles. The Hall–Kier alpha value is -1.71. The van der Waals surface area contributed by atoms with Crippen LogP contribution in [0.5, 0.6) is 5.75 Å². The van der Waals surface area contributed by atoms with Crippen LogP contribution in [-0.2, 0) is 20.8 Å². The van der Waals surface area contributed by atoms with Crippen molar-refractivity contribution < 1.29 is 24.1 Å². The van der Waals surface area contributed by atoms with Gasteiger partial charge < -0.3 is 34.9 Å². The van der Waals surface area contributed by atoms with E-state index in [1.54, 1.807) is 7.11 Å².